The Kier molecular flexibility index (Phi) is 6.49. The standard InChI is InChI=1S/C21H28N6O3/c1-13(2)22-21(28)16-5-6-18(19(12-16)27(29)30)25-17-7-9-26(10-8-17)20-11-14(3)23-15(4)24-20/h5-6,11-13,17,25H,7-10H2,1-4H3,(H,22,28). The zero-order chi connectivity index (χ0) is 21.8. The van der Waals surface area contributed by atoms with Gasteiger partial charge in [-0.25, -0.2) is 9.97 Å². The van der Waals surface area contributed by atoms with Gasteiger partial charge in [-0.15, -0.1) is 0 Å². The number of rotatable bonds is 6. The molecule has 0 atom stereocenters. The minimum absolute atomic E-state index is 0.0398. The highest BCUT2D eigenvalue weighted by atomic mass is 16.6. The van der Waals surface area contributed by atoms with Crippen LogP contribution in [-0.2, 0) is 0 Å². The molecule has 1 aromatic heterocycles. The largest absolute Gasteiger partial charge is 0.377 e. The van der Waals surface area contributed by atoms with Gasteiger partial charge in [0, 0.05) is 48.6 Å². The quantitative estimate of drug-likeness (QED) is 0.553. The van der Waals surface area contributed by atoms with Crippen molar-refractivity contribution in [1.82, 2.24) is 15.3 Å². The molecule has 160 valence electrons. The van der Waals surface area contributed by atoms with Crippen molar-refractivity contribution in [2.45, 2.75) is 52.6 Å². The number of amides is 1. The van der Waals surface area contributed by atoms with E-state index in [9.17, 15) is 14.9 Å². The lowest BCUT2D eigenvalue weighted by atomic mass is 10.0. The number of carbonyl (C=O) groups excluding carboxylic acids is 1. The van der Waals surface area contributed by atoms with E-state index in [0.29, 0.717) is 5.69 Å². The van der Waals surface area contributed by atoms with Crippen molar-refractivity contribution >= 4 is 23.1 Å². The first kappa shape index (κ1) is 21.5. The molecular formula is C21H28N6O3. The molecule has 9 heteroatoms. The molecule has 2 heterocycles. The summed E-state index contributed by atoms with van der Waals surface area (Å²) in [6.07, 6.45) is 1.66. The van der Waals surface area contributed by atoms with Crippen LogP contribution >= 0.6 is 0 Å². The molecular weight excluding hydrogens is 384 g/mol. The fourth-order valence-electron chi connectivity index (χ4n) is 3.62. The molecule has 1 aliphatic heterocycles. The van der Waals surface area contributed by atoms with E-state index in [1.165, 1.54) is 6.07 Å². The summed E-state index contributed by atoms with van der Waals surface area (Å²) in [4.78, 5) is 34.4. The third-order valence-electron chi connectivity index (χ3n) is 5.01. The molecule has 9 nitrogen and oxygen atoms in total. The summed E-state index contributed by atoms with van der Waals surface area (Å²) >= 11 is 0. The summed E-state index contributed by atoms with van der Waals surface area (Å²) in [6.45, 7) is 9.13. The van der Waals surface area contributed by atoms with Gasteiger partial charge in [-0.3, -0.25) is 14.9 Å². The van der Waals surface area contributed by atoms with Gasteiger partial charge in [-0.05, 0) is 52.7 Å². The van der Waals surface area contributed by atoms with E-state index in [1.54, 1.807) is 12.1 Å². The number of aryl methyl sites for hydroxylation is 2. The Bertz CT molecular complexity index is 918. The molecule has 0 bridgehead atoms. The van der Waals surface area contributed by atoms with Crippen LogP contribution in [0.5, 0.6) is 0 Å². The summed E-state index contributed by atoms with van der Waals surface area (Å²) in [7, 11) is 0. The molecule has 1 fully saturated rings. The number of piperidine rings is 1. The number of nitro benzene ring substituents is 1. The van der Waals surface area contributed by atoms with E-state index in [1.807, 2.05) is 33.8 Å². The van der Waals surface area contributed by atoms with Gasteiger partial charge < -0.3 is 15.5 Å². The highest BCUT2D eigenvalue weighted by molar-refractivity contribution is 5.95. The third-order valence-corrected chi connectivity index (χ3v) is 5.01. The number of nitrogens with zero attached hydrogens (tertiary/aromatic N) is 4. The number of aromatic nitrogens is 2. The predicted molar refractivity (Wildman–Crippen MR) is 116 cm³/mol. The molecule has 3 rings (SSSR count). The van der Waals surface area contributed by atoms with Crippen LogP contribution in [-0.4, -0.2) is 46.0 Å². The van der Waals surface area contributed by atoms with Crippen molar-refractivity contribution in [3.63, 3.8) is 0 Å². The summed E-state index contributed by atoms with van der Waals surface area (Å²) in [5.41, 5.74) is 1.57. The second-order valence-electron chi connectivity index (χ2n) is 7.94. The SMILES string of the molecule is Cc1cc(N2CCC(Nc3ccc(C(=O)NC(C)C)cc3[N+](=O)[O-])CC2)nc(C)n1. The van der Waals surface area contributed by atoms with E-state index in [2.05, 4.69) is 25.5 Å². The number of nitrogens with one attached hydrogen (secondary N) is 2. The summed E-state index contributed by atoms with van der Waals surface area (Å²) in [5, 5.41) is 17.6. The van der Waals surface area contributed by atoms with Crippen LogP contribution in [0.2, 0.25) is 0 Å². The molecule has 0 aliphatic carbocycles. The third kappa shape index (κ3) is 5.22. The van der Waals surface area contributed by atoms with Crippen LogP contribution < -0.4 is 15.5 Å². The van der Waals surface area contributed by atoms with Gasteiger partial charge in [0.25, 0.3) is 11.6 Å². The summed E-state index contributed by atoms with van der Waals surface area (Å²) < 4.78 is 0. The Morgan fingerprint density at radius 2 is 1.90 bits per heavy atom. The number of nitro groups is 1. The van der Waals surface area contributed by atoms with Crippen molar-refractivity contribution in [1.29, 1.82) is 0 Å². The number of hydrogen-bond acceptors (Lipinski definition) is 7. The van der Waals surface area contributed by atoms with Gasteiger partial charge in [0.05, 0.1) is 4.92 Å². The fourth-order valence-corrected chi connectivity index (χ4v) is 3.62. The lowest BCUT2D eigenvalue weighted by molar-refractivity contribution is -0.384. The Morgan fingerprint density at radius 3 is 2.50 bits per heavy atom. The van der Waals surface area contributed by atoms with E-state index in [4.69, 9.17) is 0 Å². The average molecular weight is 412 g/mol. The highest BCUT2D eigenvalue weighted by Gasteiger charge is 2.24. The van der Waals surface area contributed by atoms with E-state index in [-0.39, 0.29) is 29.2 Å². The van der Waals surface area contributed by atoms with Crippen molar-refractivity contribution in [3.05, 3.63) is 51.5 Å². The Balaban J connectivity index is 1.68. The van der Waals surface area contributed by atoms with E-state index < -0.39 is 4.92 Å². The van der Waals surface area contributed by atoms with Crippen LogP contribution in [0.15, 0.2) is 24.3 Å². The first-order valence-corrected chi connectivity index (χ1v) is 10.2. The molecule has 0 saturated carbocycles. The minimum Gasteiger partial charge on any atom is -0.377 e. The maximum Gasteiger partial charge on any atom is 0.293 e. The van der Waals surface area contributed by atoms with Crippen molar-refractivity contribution in [2.75, 3.05) is 23.3 Å². The Hall–Kier alpha value is -3.23. The van der Waals surface area contributed by atoms with Gasteiger partial charge in [0.15, 0.2) is 0 Å². The van der Waals surface area contributed by atoms with E-state index >= 15 is 0 Å². The number of carbonyl (C=O) groups is 1. The molecule has 2 aromatic rings. The molecule has 1 aromatic carbocycles. The zero-order valence-electron chi connectivity index (χ0n) is 17.8. The van der Waals surface area contributed by atoms with Crippen molar-refractivity contribution < 1.29 is 9.72 Å². The van der Waals surface area contributed by atoms with Gasteiger partial charge >= 0.3 is 0 Å². The summed E-state index contributed by atoms with van der Waals surface area (Å²) in [6, 6.07) is 6.63. The molecule has 30 heavy (non-hydrogen) atoms. The van der Waals surface area contributed by atoms with Crippen LogP contribution in [0.4, 0.5) is 17.2 Å². The lowest BCUT2D eigenvalue weighted by Crippen LogP contribution is -2.39. The summed E-state index contributed by atoms with van der Waals surface area (Å²) in [5.74, 6) is 1.36. The minimum atomic E-state index is -0.448. The smallest absolute Gasteiger partial charge is 0.293 e. The maximum absolute atomic E-state index is 12.2. The number of anilines is 2. The van der Waals surface area contributed by atoms with Crippen molar-refractivity contribution in [3.8, 4) is 0 Å². The van der Waals surface area contributed by atoms with Gasteiger partial charge in [-0.1, -0.05) is 0 Å². The molecule has 1 amide bonds. The molecule has 1 aliphatic rings. The molecule has 0 unspecified atom stereocenters. The first-order chi connectivity index (χ1) is 14.2. The second kappa shape index (κ2) is 9.06. The van der Waals surface area contributed by atoms with Crippen LogP contribution in [0.1, 0.15) is 48.6 Å². The van der Waals surface area contributed by atoms with Crippen LogP contribution in [0.3, 0.4) is 0 Å². The maximum atomic E-state index is 12.2. The number of benzene rings is 1. The predicted octanol–water partition coefficient (Wildman–Crippen LogP) is 3.22. The lowest BCUT2D eigenvalue weighted by Gasteiger charge is -2.33. The first-order valence-electron chi connectivity index (χ1n) is 10.2. The Morgan fingerprint density at radius 1 is 1.20 bits per heavy atom. The molecule has 1 saturated heterocycles. The van der Waals surface area contributed by atoms with Gasteiger partial charge in [-0.2, -0.15) is 0 Å². The zero-order valence-corrected chi connectivity index (χ0v) is 17.8. The van der Waals surface area contributed by atoms with E-state index in [0.717, 1.165) is 43.3 Å². The van der Waals surface area contributed by atoms with Gasteiger partial charge in [0.2, 0.25) is 0 Å². The van der Waals surface area contributed by atoms with Crippen molar-refractivity contribution in [2.24, 2.45) is 0 Å². The Labute approximate surface area is 176 Å². The average Bonchev–Trinajstić information content (AvgIpc) is 2.67. The topological polar surface area (TPSA) is 113 Å². The fraction of sp³-hybridized carbons (Fsp3) is 0.476. The monoisotopic (exact) mass is 412 g/mol. The molecule has 2 N–H and O–H groups in total. The second-order valence-corrected chi connectivity index (χ2v) is 7.94. The van der Waals surface area contributed by atoms with Crippen LogP contribution in [0, 0.1) is 24.0 Å². The van der Waals surface area contributed by atoms with Crippen LogP contribution in [0.25, 0.3) is 0 Å². The van der Waals surface area contributed by atoms with Gasteiger partial charge in [0.1, 0.15) is 17.3 Å². The molecule has 0 radical (unpaired) electrons. The number of hydrogen-bond donors (Lipinski definition) is 2. The highest BCUT2D eigenvalue weighted by Crippen LogP contribution is 2.29. The normalized spacial score (nSPS) is 14.6. The molecule has 0 spiro atoms.